The lowest BCUT2D eigenvalue weighted by molar-refractivity contribution is 0.0541. The zero-order chi connectivity index (χ0) is 14.6. The third-order valence-electron chi connectivity index (χ3n) is 4.51. The Morgan fingerprint density at radius 1 is 1.00 bits per heavy atom. The lowest BCUT2D eigenvalue weighted by Gasteiger charge is -2.37. The van der Waals surface area contributed by atoms with Crippen molar-refractivity contribution in [1.82, 2.24) is 5.32 Å². The first-order chi connectivity index (χ1) is 9.81. The van der Waals surface area contributed by atoms with Crippen LogP contribution >= 0.6 is 0 Å². The summed E-state index contributed by atoms with van der Waals surface area (Å²) in [6.45, 7) is 8.04. The van der Waals surface area contributed by atoms with Crippen molar-refractivity contribution < 1.29 is 9.47 Å². The van der Waals surface area contributed by atoms with Crippen molar-refractivity contribution in [3.63, 3.8) is 0 Å². The number of rotatable bonds is 11. The quantitative estimate of drug-likeness (QED) is 0.588. The molecule has 0 amide bonds. The summed E-state index contributed by atoms with van der Waals surface area (Å²) >= 11 is 0. The number of hydrogen-bond acceptors (Lipinski definition) is 3. The molecule has 1 rings (SSSR count). The molecule has 0 spiro atoms. The summed E-state index contributed by atoms with van der Waals surface area (Å²) in [6.07, 6.45) is 9.32. The molecular formula is C17H35NO2. The van der Waals surface area contributed by atoms with Crippen molar-refractivity contribution in [3.05, 3.63) is 0 Å². The third-order valence-corrected chi connectivity index (χ3v) is 4.51. The fourth-order valence-corrected chi connectivity index (χ4v) is 3.43. The molecular weight excluding hydrogens is 250 g/mol. The third kappa shape index (κ3) is 7.05. The van der Waals surface area contributed by atoms with Crippen LogP contribution in [0.3, 0.4) is 0 Å². The van der Waals surface area contributed by atoms with Gasteiger partial charge in [0.2, 0.25) is 0 Å². The summed E-state index contributed by atoms with van der Waals surface area (Å²) in [5.41, 5.74) is 0. The Morgan fingerprint density at radius 2 is 1.85 bits per heavy atom. The molecule has 0 bridgehead atoms. The van der Waals surface area contributed by atoms with Crippen LogP contribution in [0.1, 0.15) is 58.8 Å². The second-order valence-corrected chi connectivity index (χ2v) is 6.18. The maximum absolute atomic E-state index is 5.67. The minimum Gasteiger partial charge on any atom is -0.382 e. The summed E-state index contributed by atoms with van der Waals surface area (Å²) in [4.78, 5) is 0. The van der Waals surface area contributed by atoms with E-state index in [-0.39, 0.29) is 0 Å². The normalized spacial score (nSPS) is 26.9. The summed E-state index contributed by atoms with van der Waals surface area (Å²) in [5, 5.41) is 3.76. The van der Waals surface area contributed by atoms with Gasteiger partial charge in [0.05, 0.1) is 13.2 Å². The number of nitrogens with one attached hydrogen (secondary N) is 1. The standard InChI is InChI=1S/C17H35NO2/c1-4-6-15-7-8-17(18-10-5-2)16(14-15)9-11-20-13-12-19-3/h15-18H,4-14H2,1-3H3. The van der Waals surface area contributed by atoms with E-state index < -0.39 is 0 Å². The van der Waals surface area contributed by atoms with Crippen molar-refractivity contribution in [3.8, 4) is 0 Å². The molecule has 1 fully saturated rings. The minimum absolute atomic E-state index is 0.709. The molecule has 0 aromatic carbocycles. The topological polar surface area (TPSA) is 30.5 Å². The molecule has 0 radical (unpaired) electrons. The number of hydrogen-bond donors (Lipinski definition) is 1. The predicted molar refractivity (Wildman–Crippen MR) is 85.1 cm³/mol. The maximum Gasteiger partial charge on any atom is 0.0700 e. The molecule has 0 aliphatic heterocycles. The molecule has 0 aromatic rings. The Hall–Kier alpha value is -0.120. The van der Waals surface area contributed by atoms with Crippen LogP contribution in [-0.2, 0) is 9.47 Å². The Kier molecular flexibility index (Phi) is 10.3. The molecule has 3 atom stereocenters. The van der Waals surface area contributed by atoms with Gasteiger partial charge in [0.25, 0.3) is 0 Å². The Balaban J connectivity index is 2.32. The van der Waals surface area contributed by atoms with Crippen molar-refractivity contribution >= 4 is 0 Å². The van der Waals surface area contributed by atoms with E-state index >= 15 is 0 Å². The molecule has 0 aromatic heterocycles. The highest BCUT2D eigenvalue weighted by Crippen LogP contribution is 2.34. The summed E-state index contributed by atoms with van der Waals surface area (Å²) < 4.78 is 10.7. The van der Waals surface area contributed by atoms with Crippen LogP contribution in [0.25, 0.3) is 0 Å². The van der Waals surface area contributed by atoms with Crippen LogP contribution in [-0.4, -0.2) is 39.5 Å². The average molecular weight is 285 g/mol. The van der Waals surface area contributed by atoms with Gasteiger partial charge in [-0.15, -0.1) is 0 Å². The van der Waals surface area contributed by atoms with E-state index in [0.717, 1.165) is 31.6 Å². The molecule has 1 saturated carbocycles. The zero-order valence-electron chi connectivity index (χ0n) is 13.8. The lowest BCUT2D eigenvalue weighted by Crippen LogP contribution is -2.41. The van der Waals surface area contributed by atoms with Gasteiger partial charge in [0, 0.05) is 19.8 Å². The van der Waals surface area contributed by atoms with Gasteiger partial charge in [-0.05, 0) is 50.5 Å². The summed E-state index contributed by atoms with van der Waals surface area (Å²) in [7, 11) is 1.73. The van der Waals surface area contributed by atoms with Gasteiger partial charge < -0.3 is 14.8 Å². The lowest BCUT2D eigenvalue weighted by atomic mass is 9.75. The van der Waals surface area contributed by atoms with Crippen LogP contribution in [0, 0.1) is 11.8 Å². The monoisotopic (exact) mass is 285 g/mol. The highest BCUT2D eigenvalue weighted by Gasteiger charge is 2.29. The van der Waals surface area contributed by atoms with Crippen LogP contribution < -0.4 is 5.32 Å². The zero-order valence-corrected chi connectivity index (χ0v) is 13.8. The van der Waals surface area contributed by atoms with Gasteiger partial charge in [-0.25, -0.2) is 0 Å². The van der Waals surface area contributed by atoms with E-state index in [0.29, 0.717) is 12.6 Å². The van der Waals surface area contributed by atoms with Gasteiger partial charge in [-0.1, -0.05) is 26.7 Å². The van der Waals surface area contributed by atoms with E-state index in [1.807, 2.05) is 0 Å². The van der Waals surface area contributed by atoms with Gasteiger partial charge in [-0.3, -0.25) is 0 Å². The molecule has 120 valence electrons. The van der Waals surface area contributed by atoms with Crippen molar-refractivity contribution in [2.45, 2.75) is 64.8 Å². The van der Waals surface area contributed by atoms with Crippen molar-refractivity contribution in [2.24, 2.45) is 11.8 Å². The first kappa shape index (κ1) is 17.9. The fourth-order valence-electron chi connectivity index (χ4n) is 3.43. The van der Waals surface area contributed by atoms with Crippen LogP contribution in [0.15, 0.2) is 0 Å². The second-order valence-electron chi connectivity index (χ2n) is 6.18. The van der Waals surface area contributed by atoms with Gasteiger partial charge >= 0.3 is 0 Å². The molecule has 1 N–H and O–H groups in total. The molecule has 3 unspecified atom stereocenters. The predicted octanol–water partition coefficient (Wildman–Crippen LogP) is 3.62. The van der Waals surface area contributed by atoms with Crippen LogP contribution in [0.4, 0.5) is 0 Å². The van der Waals surface area contributed by atoms with Gasteiger partial charge in [-0.2, -0.15) is 0 Å². The first-order valence-electron chi connectivity index (χ1n) is 8.61. The highest BCUT2D eigenvalue weighted by atomic mass is 16.5. The largest absolute Gasteiger partial charge is 0.382 e. The Bertz CT molecular complexity index is 223. The maximum atomic E-state index is 5.67. The first-order valence-corrected chi connectivity index (χ1v) is 8.61. The van der Waals surface area contributed by atoms with E-state index in [1.54, 1.807) is 7.11 Å². The summed E-state index contributed by atoms with van der Waals surface area (Å²) in [6, 6.07) is 0.717. The fraction of sp³-hybridized carbons (Fsp3) is 1.00. The van der Waals surface area contributed by atoms with E-state index in [2.05, 4.69) is 19.2 Å². The minimum atomic E-state index is 0.709. The Labute approximate surface area is 125 Å². The van der Waals surface area contributed by atoms with Crippen LogP contribution in [0.2, 0.25) is 0 Å². The van der Waals surface area contributed by atoms with Crippen molar-refractivity contribution in [1.29, 1.82) is 0 Å². The smallest absolute Gasteiger partial charge is 0.0700 e. The molecule has 3 heteroatoms. The SMILES string of the molecule is CCCNC1CCC(CCC)CC1CCOCCOC. The van der Waals surface area contributed by atoms with Crippen molar-refractivity contribution in [2.75, 3.05) is 33.5 Å². The molecule has 1 aliphatic carbocycles. The van der Waals surface area contributed by atoms with E-state index in [4.69, 9.17) is 9.47 Å². The second kappa shape index (κ2) is 11.5. The highest BCUT2D eigenvalue weighted by molar-refractivity contribution is 4.84. The molecule has 0 heterocycles. The Morgan fingerprint density at radius 3 is 2.55 bits per heavy atom. The van der Waals surface area contributed by atoms with E-state index in [1.165, 1.54) is 44.9 Å². The number of ether oxygens (including phenoxy) is 2. The van der Waals surface area contributed by atoms with Gasteiger partial charge in [0.15, 0.2) is 0 Å². The molecule has 0 saturated heterocycles. The molecule has 1 aliphatic rings. The van der Waals surface area contributed by atoms with E-state index in [9.17, 15) is 0 Å². The summed E-state index contributed by atoms with van der Waals surface area (Å²) in [5.74, 6) is 1.75. The van der Waals surface area contributed by atoms with Gasteiger partial charge in [0.1, 0.15) is 0 Å². The van der Waals surface area contributed by atoms with Crippen LogP contribution in [0.5, 0.6) is 0 Å². The molecule has 20 heavy (non-hydrogen) atoms. The molecule has 3 nitrogen and oxygen atoms in total. The average Bonchev–Trinajstić information content (AvgIpc) is 2.46. The number of methoxy groups -OCH3 is 1.